The van der Waals surface area contributed by atoms with Crippen LogP contribution in [-0.2, 0) is 0 Å². The molecule has 0 radical (unpaired) electrons. The van der Waals surface area contributed by atoms with Gasteiger partial charge in [-0.1, -0.05) is 31.2 Å². The Morgan fingerprint density at radius 1 is 1.35 bits per heavy atom. The zero-order valence-electron chi connectivity index (χ0n) is 11.6. The average Bonchev–Trinajstić information content (AvgIpc) is 2.44. The van der Waals surface area contributed by atoms with E-state index < -0.39 is 11.6 Å². The van der Waals surface area contributed by atoms with Gasteiger partial charge in [0, 0.05) is 23.5 Å². The summed E-state index contributed by atoms with van der Waals surface area (Å²) in [6.45, 7) is 4.00. The minimum absolute atomic E-state index is 0.174. The van der Waals surface area contributed by atoms with Crippen molar-refractivity contribution in [2.75, 3.05) is 11.9 Å². The van der Waals surface area contributed by atoms with Crippen molar-refractivity contribution in [3.05, 3.63) is 36.0 Å². The van der Waals surface area contributed by atoms with Crippen LogP contribution in [0.1, 0.15) is 30.6 Å². The van der Waals surface area contributed by atoms with Crippen molar-refractivity contribution in [3.63, 3.8) is 0 Å². The van der Waals surface area contributed by atoms with E-state index in [-0.39, 0.29) is 5.56 Å². The number of carboxylic acids is 1. The lowest BCUT2D eigenvalue weighted by Gasteiger charge is -2.22. The Labute approximate surface area is 117 Å². The number of aliphatic hydroxyl groups is 1. The van der Waals surface area contributed by atoms with Crippen LogP contribution >= 0.6 is 0 Å². The minimum Gasteiger partial charge on any atom is -0.478 e. The van der Waals surface area contributed by atoms with Gasteiger partial charge in [0.2, 0.25) is 0 Å². The maximum Gasteiger partial charge on any atom is 0.337 e. The molecule has 0 saturated carbocycles. The molecule has 0 amide bonds. The van der Waals surface area contributed by atoms with Gasteiger partial charge in [-0.25, -0.2) is 9.78 Å². The van der Waals surface area contributed by atoms with Gasteiger partial charge in [-0.2, -0.15) is 0 Å². The molecule has 20 heavy (non-hydrogen) atoms. The minimum atomic E-state index is -0.999. The van der Waals surface area contributed by atoms with Crippen LogP contribution in [0.3, 0.4) is 0 Å². The zero-order chi connectivity index (χ0) is 14.8. The second-order valence-electron chi connectivity index (χ2n) is 5.08. The highest BCUT2D eigenvalue weighted by Gasteiger charge is 2.18. The third-order valence-corrected chi connectivity index (χ3v) is 3.42. The number of rotatable bonds is 5. The highest BCUT2D eigenvalue weighted by atomic mass is 16.4. The van der Waals surface area contributed by atoms with E-state index in [0.717, 1.165) is 5.39 Å². The SMILES string of the molecule is CCC(C)(O)CNc1ncc(C(=O)O)c2ccccc12. The lowest BCUT2D eigenvalue weighted by atomic mass is 10.0. The van der Waals surface area contributed by atoms with E-state index in [1.807, 2.05) is 19.1 Å². The average molecular weight is 274 g/mol. The molecule has 3 N–H and O–H groups in total. The van der Waals surface area contributed by atoms with Crippen LogP contribution in [0, 0.1) is 0 Å². The Morgan fingerprint density at radius 3 is 2.60 bits per heavy atom. The molecule has 2 aromatic rings. The van der Waals surface area contributed by atoms with E-state index in [4.69, 9.17) is 0 Å². The summed E-state index contributed by atoms with van der Waals surface area (Å²) < 4.78 is 0. The molecular formula is C15H18N2O3. The van der Waals surface area contributed by atoms with Gasteiger partial charge < -0.3 is 15.5 Å². The predicted octanol–water partition coefficient (Wildman–Crippen LogP) is 2.51. The van der Waals surface area contributed by atoms with Crippen molar-refractivity contribution in [2.45, 2.75) is 25.9 Å². The van der Waals surface area contributed by atoms with Gasteiger partial charge in [-0.05, 0) is 13.3 Å². The molecule has 0 aliphatic heterocycles. The van der Waals surface area contributed by atoms with Gasteiger partial charge >= 0.3 is 5.97 Å². The summed E-state index contributed by atoms with van der Waals surface area (Å²) in [5.74, 6) is -0.417. The van der Waals surface area contributed by atoms with E-state index in [9.17, 15) is 15.0 Å². The van der Waals surface area contributed by atoms with Crippen molar-refractivity contribution < 1.29 is 15.0 Å². The van der Waals surface area contributed by atoms with E-state index >= 15 is 0 Å². The van der Waals surface area contributed by atoms with Crippen LogP contribution < -0.4 is 5.32 Å². The lowest BCUT2D eigenvalue weighted by molar-refractivity contribution is 0.0688. The highest BCUT2D eigenvalue weighted by molar-refractivity contribution is 6.06. The van der Waals surface area contributed by atoms with Gasteiger partial charge in [0.15, 0.2) is 0 Å². The number of aromatic carboxylic acids is 1. The molecule has 0 aliphatic carbocycles. The Balaban J connectivity index is 2.41. The Morgan fingerprint density at radius 2 is 2.00 bits per heavy atom. The van der Waals surface area contributed by atoms with Crippen LogP contribution in [0.15, 0.2) is 30.5 Å². The van der Waals surface area contributed by atoms with Gasteiger partial charge in [0.1, 0.15) is 5.82 Å². The molecule has 5 nitrogen and oxygen atoms in total. The molecule has 0 aliphatic rings. The van der Waals surface area contributed by atoms with Crippen LogP contribution in [0.4, 0.5) is 5.82 Å². The Hall–Kier alpha value is -2.14. The first-order valence-corrected chi connectivity index (χ1v) is 6.52. The molecule has 1 unspecified atom stereocenters. The zero-order valence-corrected chi connectivity index (χ0v) is 11.6. The quantitative estimate of drug-likeness (QED) is 0.780. The van der Waals surface area contributed by atoms with Crippen LogP contribution in [-0.4, -0.2) is 33.3 Å². The monoisotopic (exact) mass is 274 g/mol. The number of nitrogens with one attached hydrogen (secondary N) is 1. The molecule has 5 heteroatoms. The van der Waals surface area contributed by atoms with Gasteiger partial charge in [0.25, 0.3) is 0 Å². The van der Waals surface area contributed by atoms with Crippen LogP contribution in [0.25, 0.3) is 10.8 Å². The molecule has 0 fully saturated rings. The number of fused-ring (bicyclic) bond motifs is 1. The van der Waals surface area contributed by atoms with Crippen molar-refractivity contribution >= 4 is 22.6 Å². The van der Waals surface area contributed by atoms with Crippen LogP contribution in [0.5, 0.6) is 0 Å². The number of anilines is 1. The number of pyridine rings is 1. The van der Waals surface area contributed by atoms with E-state index in [1.165, 1.54) is 6.20 Å². The van der Waals surface area contributed by atoms with Crippen molar-refractivity contribution in [1.29, 1.82) is 0 Å². The number of benzene rings is 1. The molecule has 0 bridgehead atoms. The van der Waals surface area contributed by atoms with Gasteiger partial charge in [-0.3, -0.25) is 0 Å². The van der Waals surface area contributed by atoms with E-state index in [2.05, 4.69) is 10.3 Å². The maximum atomic E-state index is 11.2. The number of nitrogens with zero attached hydrogens (tertiary/aromatic N) is 1. The number of aromatic nitrogens is 1. The highest BCUT2D eigenvalue weighted by Crippen LogP contribution is 2.25. The third-order valence-electron chi connectivity index (χ3n) is 3.42. The fourth-order valence-corrected chi connectivity index (χ4v) is 1.90. The summed E-state index contributed by atoms with van der Waals surface area (Å²) in [7, 11) is 0. The normalized spacial score (nSPS) is 13.9. The summed E-state index contributed by atoms with van der Waals surface area (Å²) in [5, 5.41) is 23.6. The first-order valence-electron chi connectivity index (χ1n) is 6.52. The molecule has 2 rings (SSSR count). The smallest absolute Gasteiger partial charge is 0.337 e. The summed E-state index contributed by atoms with van der Waals surface area (Å²) >= 11 is 0. The third kappa shape index (κ3) is 2.88. The summed E-state index contributed by atoms with van der Waals surface area (Å²) in [5.41, 5.74) is -0.651. The summed E-state index contributed by atoms with van der Waals surface area (Å²) in [4.78, 5) is 15.4. The molecular weight excluding hydrogens is 256 g/mol. The fourth-order valence-electron chi connectivity index (χ4n) is 1.90. The van der Waals surface area contributed by atoms with Gasteiger partial charge in [-0.15, -0.1) is 0 Å². The lowest BCUT2D eigenvalue weighted by Crippen LogP contribution is -2.32. The Bertz CT molecular complexity index is 638. The fraction of sp³-hybridized carbons (Fsp3) is 0.333. The second kappa shape index (κ2) is 5.46. The molecule has 1 aromatic carbocycles. The number of hydrogen-bond donors (Lipinski definition) is 3. The number of hydrogen-bond acceptors (Lipinski definition) is 4. The summed E-state index contributed by atoms with van der Waals surface area (Å²) in [6.07, 6.45) is 1.96. The van der Waals surface area contributed by atoms with E-state index in [1.54, 1.807) is 19.1 Å². The summed E-state index contributed by atoms with van der Waals surface area (Å²) in [6, 6.07) is 7.20. The molecule has 1 atom stereocenters. The largest absolute Gasteiger partial charge is 0.478 e. The van der Waals surface area contributed by atoms with Gasteiger partial charge in [0.05, 0.1) is 11.2 Å². The first kappa shape index (κ1) is 14.3. The molecule has 106 valence electrons. The van der Waals surface area contributed by atoms with Crippen LogP contribution in [0.2, 0.25) is 0 Å². The van der Waals surface area contributed by atoms with Crippen molar-refractivity contribution in [3.8, 4) is 0 Å². The predicted molar refractivity (Wildman–Crippen MR) is 78.1 cm³/mol. The Kier molecular flexibility index (Phi) is 3.90. The molecule has 0 saturated heterocycles. The molecule has 1 heterocycles. The molecule has 0 spiro atoms. The number of carboxylic acid groups (broad SMARTS) is 1. The van der Waals surface area contributed by atoms with Crippen molar-refractivity contribution in [1.82, 2.24) is 4.98 Å². The van der Waals surface area contributed by atoms with E-state index in [0.29, 0.717) is 24.2 Å². The first-order chi connectivity index (χ1) is 9.44. The standard InChI is InChI=1S/C15H18N2O3/c1-3-15(2,20)9-17-13-11-7-5-4-6-10(11)12(8-16-13)14(18)19/h4-8,20H,3,9H2,1-2H3,(H,16,17)(H,18,19). The topological polar surface area (TPSA) is 82.5 Å². The number of carbonyl (C=O) groups is 1. The second-order valence-corrected chi connectivity index (χ2v) is 5.08. The maximum absolute atomic E-state index is 11.2. The van der Waals surface area contributed by atoms with Crippen molar-refractivity contribution in [2.24, 2.45) is 0 Å². The molecule has 1 aromatic heterocycles.